The van der Waals surface area contributed by atoms with Gasteiger partial charge in [-0.3, -0.25) is 14.7 Å². The molecule has 1 aromatic heterocycles. The molecule has 2 fully saturated rings. The Labute approximate surface area is 149 Å². The normalized spacial score (nSPS) is 21.4. The lowest BCUT2D eigenvalue weighted by atomic mass is 10.1. The molecule has 0 aromatic carbocycles. The van der Waals surface area contributed by atoms with Crippen molar-refractivity contribution in [1.29, 1.82) is 0 Å². The molecule has 0 radical (unpaired) electrons. The standard InChI is InChI=1S/C17H26N4O3S/c1-2-25(23,24)21-12-10-20(11-13-21)17(22)16(19-8-3-4-9-19)15-6-5-7-18-14-15/h5-7,14,16H,2-4,8-13H2,1H3. The maximum atomic E-state index is 13.2. The van der Waals surface area contributed by atoms with Crippen molar-refractivity contribution in [3.8, 4) is 0 Å². The van der Waals surface area contributed by atoms with Crippen LogP contribution in [0.2, 0.25) is 0 Å². The van der Waals surface area contributed by atoms with E-state index in [0.717, 1.165) is 31.5 Å². The predicted octanol–water partition coefficient (Wildman–Crippen LogP) is 0.712. The quantitative estimate of drug-likeness (QED) is 0.767. The molecule has 1 atom stereocenters. The molecule has 1 unspecified atom stereocenters. The number of nitrogens with zero attached hydrogens (tertiary/aromatic N) is 4. The van der Waals surface area contributed by atoms with Gasteiger partial charge in [-0.05, 0) is 44.5 Å². The Morgan fingerprint density at radius 1 is 1.16 bits per heavy atom. The Morgan fingerprint density at radius 2 is 1.84 bits per heavy atom. The number of likely N-dealkylation sites (tertiary alicyclic amines) is 1. The predicted molar refractivity (Wildman–Crippen MR) is 95.4 cm³/mol. The number of hydrogen-bond acceptors (Lipinski definition) is 5. The van der Waals surface area contributed by atoms with E-state index in [1.165, 1.54) is 4.31 Å². The van der Waals surface area contributed by atoms with Crippen molar-refractivity contribution in [2.75, 3.05) is 45.0 Å². The van der Waals surface area contributed by atoms with Gasteiger partial charge in [0.2, 0.25) is 15.9 Å². The minimum Gasteiger partial charge on any atom is -0.338 e. The van der Waals surface area contributed by atoms with Crippen molar-refractivity contribution in [2.45, 2.75) is 25.8 Å². The zero-order valence-electron chi connectivity index (χ0n) is 14.7. The van der Waals surface area contributed by atoms with E-state index in [9.17, 15) is 13.2 Å². The first-order chi connectivity index (χ1) is 12.0. The molecule has 0 N–H and O–H groups in total. The van der Waals surface area contributed by atoms with Crippen LogP contribution in [0.4, 0.5) is 0 Å². The highest BCUT2D eigenvalue weighted by molar-refractivity contribution is 7.89. The molecular formula is C17H26N4O3S. The van der Waals surface area contributed by atoms with Gasteiger partial charge in [0.05, 0.1) is 5.75 Å². The molecule has 3 rings (SSSR count). The highest BCUT2D eigenvalue weighted by Crippen LogP contribution is 2.27. The van der Waals surface area contributed by atoms with Gasteiger partial charge >= 0.3 is 0 Å². The van der Waals surface area contributed by atoms with Gasteiger partial charge in [0, 0.05) is 38.6 Å². The van der Waals surface area contributed by atoms with Crippen LogP contribution in [0.5, 0.6) is 0 Å². The molecule has 2 aliphatic rings. The lowest BCUT2D eigenvalue weighted by Gasteiger charge is -2.37. The number of carbonyl (C=O) groups is 1. The van der Waals surface area contributed by atoms with Gasteiger partial charge in [0.15, 0.2) is 0 Å². The Hall–Kier alpha value is -1.51. The topological polar surface area (TPSA) is 73.8 Å². The van der Waals surface area contributed by atoms with E-state index in [1.54, 1.807) is 24.2 Å². The third-order valence-electron chi connectivity index (χ3n) is 5.05. The van der Waals surface area contributed by atoms with Crippen molar-refractivity contribution >= 4 is 15.9 Å². The number of piperazine rings is 1. The first-order valence-electron chi connectivity index (χ1n) is 8.93. The Bertz CT molecular complexity index is 681. The van der Waals surface area contributed by atoms with Gasteiger partial charge < -0.3 is 4.90 Å². The van der Waals surface area contributed by atoms with Crippen LogP contribution in [-0.4, -0.2) is 78.4 Å². The largest absolute Gasteiger partial charge is 0.338 e. The Kier molecular flexibility index (Phi) is 5.71. The summed E-state index contributed by atoms with van der Waals surface area (Å²) in [4.78, 5) is 21.4. The second-order valence-electron chi connectivity index (χ2n) is 6.56. The van der Waals surface area contributed by atoms with Gasteiger partial charge in [0.1, 0.15) is 6.04 Å². The first kappa shape index (κ1) is 18.3. The lowest BCUT2D eigenvalue weighted by molar-refractivity contribution is -0.138. The summed E-state index contributed by atoms with van der Waals surface area (Å²) in [5.41, 5.74) is 0.915. The van der Waals surface area contributed by atoms with Crippen molar-refractivity contribution in [1.82, 2.24) is 19.1 Å². The van der Waals surface area contributed by atoms with Crippen molar-refractivity contribution in [3.05, 3.63) is 30.1 Å². The molecule has 25 heavy (non-hydrogen) atoms. The van der Waals surface area contributed by atoms with Gasteiger partial charge in [-0.25, -0.2) is 8.42 Å². The Balaban J connectivity index is 1.73. The van der Waals surface area contributed by atoms with Gasteiger partial charge in [-0.1, -0.05) is 6.07 Å². The van der Waals surface area contributed by atoms with E-state index in [2.05, 4.69) is 9.88 Å². The zero-order chi connectivity index (χ0) is 17.9. The van der Waals surface area contributed by atoms with E-state index >= 15 is 0 Å². The number of carbonyl (C=O) groups excluding carboxylic acids is 1. The van der Waals surface area contributed by atoms with E-state index < -0.39 is 10.0 Å². The summed E-state index contributed by atoms with van der Waals surface area (Å²) in [5.74, 6) is 0.163. The van der Waals surface area contributed by atoms with Crippen LogP contribution >= 0.6 is 0 Å². The maximum absolute atomic E-state index is 13.2. The van der Waals surface area contributed by atoms with E-state index in [0.29, 0.717) is 26.2 Å². The third kappa shape index (κ3) is 4.02. The fourth-order valence-corrected chi connectivity index (χ4v) is 4.67. The van der Waals surface area contributed by atoms with E-state index in [-0.39, 0.29) is 17.7 Å². The van der Waals surface area contributed by atoms with Crippen molar-refractivity contribution in [3.63, 3.8) is 0 Å². The number of sulfonamides is 1. The summed E-state index contributed by atoms with van der Waals surface area (Å²) >= 11 is 0. The molecule has 138 valence electrons. The van der Waals surface area contributed by atoms with Crippen LogP contribution in [0.1, 0.15) is 31.4 Å². The zero-order valence-corrected chi connectivity index (χ0v) is 15.5. The first-order valence-corrected chi connectivity index (χ1v) is 10.5. The molecule has 2 saturated heterocycles. The van der Waals surface area contributed by atoms with E-state index in [4.69, 9.17) is 0 Å². The highest BCUT2D eigenvalue weighted by atomic mass is 32.2. The average Bonchev–Trinajstić information content (AvgIpc) is 3.17. The Morgan fingerprint density at radius 3 is 2.40 bits per heavy atom. The van der Waals surface area contributed by atoms with Gasteiger partial charge in [-0.15, -0.1) is 0 Å². The smallest absolute Gasteiger partial charge is 0.244 e. The summed E-state index contributed by atoms with van der Waals surface area (Å²) in [6, 6.07) is 3.49. The third-order valence-corrected chi connectivity index (χ3v) is 6.93. The van der Waals surface area contributed by atoms with Gasteiger partial charge in [0.25, 0.3) is 0 Å². The van der Waals surface area contributed by atoms with Gasteiger partial charge in [-0.2, -0.15) is 4.31 Å². The second-order valence-corrected chi connectivity index (χ2v) is 8.81. The van der Waals surface area contributed by atoms with Crippen LogP contribution in [0.3, 0.4) is 0 Å². The molecule has 1 amide bonds. The molecule has 0 saturated carbocycles. The fraction of sp³-hybridized carbons (Fsp3) is 0.647. The summed E-state index contributed by atoms with van der Waals surface area (Å²) in [5, 5.41) is 0. The van der Waals surface area contributed by atoms with Crippen LogP contribution in [0, 0.1) is 0 Å². The minimum absolute atomic E-state index is 0.0587. The number of amides is 1. The van der Waals surface area contributed by atoms with Crippen molar-refractivity contribution in [2.24, 2.45) is 0 Å². The molecular weight excluding hydrogens is 340 g/mol. The molecule has 8 heteroatoms. The number of pyridine rings is 1. The number of aromatic nitrogens is 1. The SMILES string of the molecule is CCS(=O)(=O)N1CCN(C(=O)C(c2cccnc2)N2CCCC2)CC1. The number of hydrogen-bond donors (Lipinski definition) is 0. The minimum atomic E-state index is -3.18. The van der Waals surface area contributed by atoms with E-state index in [1.807, 2.05) is 12.1 Å². The van der Waals surface area contributed by atoms with Crippen LogP contribution in [0.25, 0.3) is 0 Å². The summed E-state index contributed by atoms with van der Waals surface area (Å²) < 4.78 is 25.5. The molecule has 3 heterocycles. The summed E-state index contributed by atoms with van der Waals surface area (Å²) in [7, 11) is -3.18. The lowest BCUT2D eigenvalue weighted by Crippen LogP contribution is -2.53. The molecule has 0 bridgehead atoms. The monoisotopic (exact) mass is 366 g/mol. The van der Waals surface area contributed by atoms with Crippen LogP contribution in [0.15, 0.2) is 24.5 Å². The van der Waals surface area contributed by atoms with Crippen LogP contribution < -0.4 is 0 Å². The molecule has 1 aromatic rings. The molecule has 0 aliphatic carbocycles. The van der Waals surface area contributed by atoms with Crippen LogP contribution in [-0.2, 0) is 14.8 Å². The average molecular weight is 366 g/mol. The molecule has 7 nitrogen and oxygen atoms in total. The summed E-state index contributed by atoms with van der Waals surface area (Å²) in [6.45, 7) is 5.12. The fourth-order valence-electron chi connectivity index (χ4n) is 3.59. The summed E-state index contributed by atoms with van der Waals surface area (Å²) in [6.07, 6.45) is 5.68. The maximum Gasteiger partial charge on any atom is 0.244 e. The van der Waals surface area contributed by atoms with Crippen molar-refractivity contribution < 1.29 is 13.2 Å². The molecule has 2 aliphatic heterocycles. The highest BCUT2D eigenvalue weighted by Gasteiger charge is 2.35. The molecule has 0 spiro atoms. The number of rotatable bonds is 5. The second kappa shape index (κ2) is 7.80.